The average molecular weight is 683 g/mol. The molecule has 12 heteroatoms. The number of carbonyl (C=O) groups excluding carboxylic acids is 3. The summed E-state index contributed by atoms with van der Waals surface area (Å²) < 4.78 is 29.0. The van der Waals surface area contributed by atoms with Crippen molar-refractivity contribution in [3.05, 3.63) is 142 Å². The van der Waals surface area contributed by atoms with Crippen molar-refractivity contribution in [1.82, 2.24) is 20.7 Å². The standard InChI is InChI=1S/C37H38N4O7S/c42-34-20-28-11-4-12-29(15-28)21-35(43)39-23-31-14-6-10-27(17-31)19-33(37(45)46)40-36(44)32(18-26-9-5-13-30(16-26)22-38-34)41-49(47,48)24-25-7-2-1-3-8-25/h1-17,32-33,41H,18-24H2,(H,38,42)(H,39,43)(H,40,44)(H,45,46)/t32?,33-/m0/s1. The zero-order valence-corrected chi connectivity index (χ0v) is 27.5. The van der Waals surface area contributed by atoms with Crippen molar-refractivity contribution in [2.75, 3.05) is 0 Å². The van der Waals surface area contributed by atoms with E-state index < -0.39 is 34.0 Å². The van der Waals surface area contributed by atoms with Gasteiger partial charge in [0.25, 0.3) is 0 Å². The number of nitrogens with one attached hydrogen (secondary N) is 4. The van der Waals surface area contributed by atoms with Gasteiger partial charge in [-0.2, -0.15) is 0 Å². The van der Waals surface area contributed by atoms with E-state index in [1.54, 1.807) is 84.9 Å². The van der Waals surface area contributed by atoms with Crippen molar-refractivity contribution in [2.45, 2.75) is 56.6 Å². The van der Waals surface area contributed by atoms with E-state index >= 15 is 0 Å². The molecule has 4 aromatic carbocycles. The Morgan fingerprint density at radius 2 is 1.16 bits per heavy atom. The lowest BCUT2D eigenvalue weighted by Gasteiger charge is -2.22. The quantitative estimate of drug-likeness (QED) is 0.215. The number of carboxylic acid groups (broad SMARTS) is 1. The first kappa shape index (κ1) is 35.0. The highest BCUT2D eigenvalue weighted by Crippen LogP contribution is 2.14. The number of benzene rings is 4. The number of carbonyl (C=O) groups is 4. The summed E-state index contributed by atoms with van der Waals surface area (Å²) in [6.07, 6.45) is 0.0771. The van der Waals surface area contributed by atoms with E-state index in [9.17, 15) is 32.7 Å². The van der Waals surface area contributed by atoms with Crippen LogP contribution in [0.5, 0.6) is 0 Å². The Balaban J connectivity index is 1.44. The summed E-state index contributed by atoms with van der Waals surface area (Å²) in [4.78, 5) is 51.6. The molecule has 0 aromatic heterocycles. The zero-order valence-electron chi connectivity index (χ0n) is 26.7. The molecule has 254 valence electrons. The minimum Gasteiger partial charge on any atom is -0.480 e. The molecule has 0 aliphatic carbocycles. The SMILES string of the molecule is O=C1Cc2cccc(c2)CC(=O)NCc2cccc(c2)C[C@@H](C(=O)O)NC(=O)C(NS(=O)(=O)Cc2ccccc2)Cc2cccc(c2)CN1. The van der Waals surface area contributed by atoms with E-state index in [0.29, 0.717) is 16.7 Å². The summed E-state index contributed by atoms with van der Waals surface area (Å²) in [6, 6.07) is 27.1. The molecule has 1 aliphatic rings. The maximum atomic E-state index is 13.7. The highest BCUT2D eigenvalue weighted by Gasteiger charge is 2.29. The number of rotatable bonds is 5. The van der Waals surface area contributed by atoms with Crippen LogP contribution in [0.1, 0.15) is 38.9 Å². The molecule has 0 saturated carbocycles. The Kier molecular flexibility index (Phi) is 11.6. The predicted molar refractivity (Wildman–Crippen MR) is 183 cm³/mol. The summed E-state index contributed by atoms with van der Waals surface area (Å²) in [5, 5.41) is 18.4. The molecule has 0 radical (unpaired) electrons. The van der Waals surface area contributed by atoms with Gasteiger partial charge in [0.2, 0.25) is 27.7 Å². The van der Waals surface area contributed by atoms with Crippen LogP contribution in [0, 0.1) is 0 Å². The van der Waals surface area contributed by atoms with Crippen LogP contribution in [0.2, 0.25) is 0 Å². The molecule has 11 nitrogen and oxygen atoms in total. The molecular formula is C37H38N4O7S. The summed E-state index contributed by atoms with van der Waals surface area (Å²) in [5.41, 5.74) is 4.71. The number of carboxylic acids is 1. The fourth-order valence-corrected chi connectivity index (χ4v) is 7.00. The number of amides is 3. The van der Waals surface area contributed by atoms with Gasteiger partial charge in [0.05, 0.1) is 18.6 Å². The van der Waals surface area contributed by atoms with E-state index in [2.05, 4.69) is 20.7 Å². The first-order valence-electron chi connectivity index (χ1n) is 15.9. The summed E-state index contributed by atoms with van der Waals surface area (Å²) in [7, 11) is -4.04. The van der Waals surface area contributed by atoms with E-state index in [4.69, 9.17) is 0 Å². The number of hydrogen-bond donors (Lipinski definition) is 5. The topological polar surface area (TPSA) is 171 Å². The maximum absolute atomic E-state index is 13.7. The van der Waals surface area contributed by atoms with Gasteiger partial charge < -0.3 is 21.1 Å². The van der Waals surface area contributed by atoms with Crippen molar-refractivity contribution in [3.63, 3.8) is 0 Å². The van der Waals surface area contributed by atoms with Crippen LogP contribution >= 0.6 is 0 Å². The molecule has 5 N–H and O–H groups in total. The van der Waals surface area contributed by atoms with Gasteiger partial charge >= 0.3 is 5.97 Å². The van der Waals surface area contributed by atoms with Gasteiger partial charge in [-0.15, -0.1) is 0 Å². The highest BCUT2D eigenvalue weighted by molar-refractivity contribution is 7.88. The molecule has 49 heavy (non-hydrogen) atoms. The van der Waals surface area contributed by atoms with Crippen molar-refractivity contribution in [3.8, 4) is 0 Å². The third-order valence-corrected chi connectivity index (χ3v) is 9.37. The number of aliphatic carboxylic acids is 1. The number of sulfonamides is 1. The molecule has 0 spiro atoms. The maximum Gasteiger partial charge on any atom is 0.326 e. The lowest BCUT2D eigenvalue weighted by Crippen LogP contribution is -2.53. The molecule has 6 bridgehead atoms. The smallest absolute Gasteiger partial charge is 0.326 e. The fraction of sp³-hybridized carbons (Fsp3) is 0.243. The molecule has 0 fully saturated rings. The fourth-order valence-electron chi connectivity index (χ4n) is 5.66. The Morgan fingerprint density at radius 3 is 1.71 bits per heavy atom. The molecule has 3 amide bonds. The van der Waals surface area contributed by atoms with Crippen LogP contribution < -0.4 is 20.7 Å². The van der Waals surface area contributed by atoms with Crippen LogP contribution in [0.4, 0.5) is 0 Å². The summed E-state index contributed by atoms with van der Waals surface area (Å²) in [5.74, 6) is -2.91. The van der Waals surface area contributed by atoms with E-state index in [1.807, 2.05) is 18.2 Å². The van der Waals surface area contributed by atoms with Crippen LogP contribution in [0.25, 0.3) is 0 Å². The molecule has 1 aliphatic heterocycles. The van der Waals surface area contributed by atoms with Crippen LogP contribution in [0.15, 0.2) is 103 Å². The minimum atomic E-state index is -4.04. The van der Waals surface area contributed by atoms with Gasteiger partial charge in [0.1, 0.15) is 12.1 Å². The molecule has 1 heterocycles. The Bertz CT molecular complexity index is 1930. The molecule has 5 rings (SSSR count). The monoisotopic (exact) mass is 682 g/mol. The zero-order chi connectivity index (χ0) is 34.8. The van der Waals surface area contributed by atoms with Crippen LogP contribution in [-0.2, 0) is 73.7 Å². The van der Waals surface area contributed by atoms with E-state index in [1.165, 1.54) is 0 Å². The van der Waals surface area contributed by atoms with Gasteiger partial charge in [-0.3, -0.25) is 14.4 Å². The highest BCUT2D eigenvalue weighted by atomic mass is 32.2. The number of hydrogen-bond acceptors (Lipinski definition) is 6. The summed E-state index contributed by atoms with van der Waals surface area (Å²) in [6.45, 7) is 0.382. The lowest BCUT2D eigenvalue weighted by atomic mass is 10.0. The molecule has 0 saturated heterocycles. The third kappa shape index (κ3) is 10.8. The van der Waals surface area contributed by atoms with Crippen molar-refractivity contribution in [2.24, 2.45) is 0 Å². The van der Waals surface area contributed by atoms with Gasteiger partial charge in [-0.05, 0) is 45.4 Å². The molecule has 2 atom stereocenters. The molecular weight excluding hydrogens is 644 g/mol. The van der Waals surface area contributed by atoms with Crippen LogP contribution in [0.3, 0.4) is 0 Å². The summed E-state index contributed by atoms with van der Waals surface area (Å²) >= 11 is 0. The first-order chi connectivity index (χ1) is 23.5. The second-order valence-corrected chi connectivity index (χ2v) is 13.8. The van der Waals surface area contributed by atoms with Gasteiger partial charge in [-0.25, -0.2) is 17.9 Å². The van der Waals surface area contributed by atoms with Crippen molar-refractivity contribution >= 4 is 33.7 Å². The first-order valence-corrected chi connectivity index (χ1v) is 17.5. The van der Waals surface area contributed by atoms with Gasteiger partial charge in [0.15, 0.2) is 0 Å². The van der Waals surface area contributed by atoms with E-state index in [-0.39, 0.29) is 56.3 Å². The average Bonchev–Trinajstić information content (AvgIpc) is 3.06. The van der Waals surface area contributed by atoms with E-state index in [0.717, 1.165) is 22.3 Å². The second-order valence-electron chi connectivity index (χ2n) is 12.1. The Labute approximate surface area is 285 Å². The second kappa shape index (κ2) is 16.2. The number of fused-ring (bicyclic) bond motifs is 6. The van der Waals surface area contributed by atoms with Gasteiger partial charge in [0, 0.05) is 19.5 Å². The predicted octanol–water partition coefficient (Wildman–Crippen LogP) is 2.56. The molecule has 4 aromatic rings. The van der Waals surface area contributed by atoms with Crippen molar-refractivity contribution < 1.29 is 32.7 Å². The lowest BCUT2D eigenvalue weighted by molar-refractivity contribution is -0.142. The Hall–Kier alpha value is -5.33. The normalized spacial score (nSPS) is 18.0. The van der Waals surface area contributed by atoms with Gasteiger partial charge in [-0.1, -0.05) is 103 Å². The largest absolute Gasteiger partial charge is 0.480 e. The molecule has 1 unspecified atom stereocenters. The minimum absolute atomic E-state index is 0.0735. The van der Waals surface area contributed by atoms with Crippen LogP contribution in [-0.4, -0.2) is 49.3 Å². The third-order valence-electron chi connectivity index (χ3n) is 8.01. The van der Waals surface area contributed by atoms with Crippen molar-refractivity contribution in [1.29, 1.82) is 0 Å². The Morgan fingerprint density at radius 1 is 0.673 bits per heavy atom.